The number of likely N-dealkylation sites (tertiary alicyclic amines) is 1. The van der Waals surface area contributed by atoms with Crippen molar-refractivity contribution in [1.29, 1.82) is 5.26 Å². The third-order valence-electron chi connectivity index (χ3n) is 6.78. The first kappa shape index (κ1) is 22.7. The number of benzene rings is 1. The van der Waals surface area contributed by atoms with Crippen molar-refractivity contribution < 1.29 is 9.59 Å². The van der Waals surface area contributed by atoms with Gasteiger partial charge < -0.3 is 9.47 Å². The maximum absolute atomic E-state index is 12.9. The van der Waals surface area contributed by atoms with E-state index in [1.54, 1.807) is 30.5 Å². The van der Waals surface area contributed by atoms with E-state index in [0.717, 1.165) is 48.1 Å². The van der Waals surface area contributed by atoms with Crippen LogP contribution in [-0.4, -0.2) is 39.2 Å². The zero-order valence-corrected chi connectivity index (χ0v) is 19.8. The summed E-state index contributed by atoms with van der Waals surface area (Å²) in [5.74, 6) is 0.600. The zero-order chi connectivity index (χ0) is 23.7. The highest BCUT2D eigenvalue weighted by Crippen LogP contribution is 2.36. The molecule has 0 N–H and O–H groups in total. The van der Waals surface area contributed by atoms with E-state index in [9.17, 15) is 9.59 Å². The summed E-state index contributed by atoms with van der Waals surface area (Å²) in [4.78, 5) is 32.0. The van der Waals surface area contributed by atoms with Gasteiger partial charge in [-0.25, -0.2) is 4.98 Å². The average Bonchev–Trinajstić information content (AvgIpc) is 3.17. The fraction of sp³-hybridized carbons (Fsp3) is 0.407. The second-order valence-electron chi connectivity index (χ2n) is 9.35. The SMILES string of the molecule is Cc1c(CC(=O)c2cccc(C#N)c2)cnc2c1c(C1CCN(C(=O)C(C)C)CC1)cn2C. The number of carbonyl (C=O) groups excluding carboxylic acids is 2. The minimum atomic E-state index is -0.0191. The van der Waals surface area contributed by atoms with Gasteiger partial charge in [0.05, 0.1) is 11.6 Å². The van der Waals surface area contributed by atoms with Gasteiger partial charge in [0.2, 0.25) is 5.91 Å². The molecule has 3 heterocycles. The maximum atomic E-state index is 12.9. The molecule has 2 aromatic heterocycles. The van der Waals surface area contributed by atoms with Crippen molar-refractivity contribution in [1.82, 2.24) is 14.5 Å². The van der Waals surface area contributed by atoms with Crippen molar-refractivity contribution in [2.75, 3.05) is 13.1 Å². The molecule has 33 heavy (non-hydrogen) atoms. The molecule has 1 aliphatic rings. The molecular formula is C27H30N4O2. The third-order valence-corrected chi connectivity index (χ3v) is 6.78. The van der Waals surface area contributed by atoms with Crippen LogP contribution in [0.15, 0.2) is 36.7 Å². The number of hydrogen-bond donors (Lipinski definition) is 0. The van der Waals surface area contributed by atoms with Crippen LogP contribution in [0.5, 0.6) is 0 Å². The first-order valence-electron chi connectivity index (χ1n) is 11.6. The van der Waals surface area contributed by atoms with Crippen molar-refractivity contribution >= 4 is 22.7 Å². The van der Waals surface area contributed by atoms with Gasteiger partial charge in [-0.05, 0) is 54.5 Å². The molecule has 4 rings (SSSR count). The Morgan fingerprint density at radius 3 is 2.64 bits per heavy atom. The molecule has 3 aromatic rings. The van der Waals surface area contributed by atoms with Crippen LogP contribution < -0.4 is 0 Å². The molecule has 0 atom stereocenters. The van der Waals surface area contributed by atoms with Crippen LogP contribution in [0.2, 0.25) is 0 Å². The van der Waals surface area contributed by atoms with Gasteiger partial charge in [0.15, 0.2) is 5.78 Å². The lowest BCUT2D eigenvalue weighted by Crippen LogP contribution is -2.40. The molecule has 1 amide bonds. The highest BCUT2D eigenvalue weighted by molar-refractivity contribution is 5.98. The molecular weight excluding hydrogens is 412 g/mol. The second-order valence-corrected chi connectivity index (χ2v) is 9.35. The Hall–Kier alpha value is -3.46. The summed E-state index contributed by atoms with van der Waals surface area (Å²) in [6.45, 7) is 7.52. The Morgan fingerprint density at radius 1 is 1.24 bits per heavy atom. The number of carbonyl (C=O) groups is 2. The smallest absolute Gasteiger partial charge is 0.225 e. The van der Waals surface area contributed by atoms with Crippen LogP contribution in [0, 0.1) is 24.2 Å². The number of aryl methyl sites for hydroxylation is 2. The number of rotatable bonds is 5. The van der Waals surface area contributed by atoms with E-state index in [0.29, 0.717) is 17.0 Å². The fourth-order valence-electron chi connectivity index (χ4n) is 4.88. The Kier molecular flexibility index (Phi) is 6.33. The number of Topliss-reactive ketones (excluding diaryl/α,β-unsaturated/α-hetero) is 1. The van der Waals surface area contributed by atoms with Crippen molar-refractivity contribution in [3.63, 3.8) is 0 Å². The molecule has 1 aromatic carbocycles. The molecule has 0 unspecified atom stereocenters. The van der Waals surface area contributed by atoms with E-state index in [1.807, 2.05) is 25.8 Å². The largest absolute Gasteiger partial charge is 0.342 e. The standard InChI is InChI=1S/C27H30N4O2/c1-17(2)27(33)31-10-8-20(9-11-31)23-16-30(4)26-25(23)18(3)22(15-29-26)13-24(32)21-7-5-6-19(12-21)14-28/h5-7,12,15-17,20H,8-11,13H2,1-4H3. The normalized spacial score (nSPS) is 14.6. The Bertz CT molecular complexity index is 1260. The van der Waals surface area contributed by atoms with Crippen molar-refractivity contribution in [3.8, 4) is 6.07 Å². The highest BCUT2D eigenvalue weighted by atomic mass is 16.2. The number of amides is 1. The molecule has 1 saturated heterocycles. The lowest BCUT2D eigenvalue weighted by atomic mass is 9.87. The predicted molar refractivity (Wildman–Crippen MR) is 128 cm³/mol. The number of nitriles is 1. The molecule has 0 aliphatic carbocycles. The average molecular weight is 443 g/mol. The van der Waals surface area contributed by atoms with Crippen LogP contribution >= 0.6 is 0 Å². The third kappa shape index (κ3) is 4.41. The van der Waals surface area contributed by atoms with Crippen LogP contribution in [0.1, 0.15) is 65.2 Å². The van der Waals surface area contributed by atoms with E-state index >= 15 is 0 Å². The molecule has 0 spiro atoms. The van der Waals surface area contributed by atoms with Gasteiger partial charge in [0.1, 0.15) is 5.65 Å². The van der Waals surface area contributed by atoms with E-state index in [2.05, 4.69) is 23.8 Å². The monoisotopic (exact) mass is 442 g/mol. The lowest BCUT2D eigenvalue weighted by Gasteiger charge is -2.33. The van der Waals surface area contributed by atoms with E-state index in [4.69, 9.17) is 10.2 Å². The minimum Gasteiger partial charge on any atom is -0.342 e. The summed E-state index contributed by atoms with van der Waals surface area (Å²) >= 11 is 0. The summed E-state index contributed by atoms with van der Waals surface area (Å²) in [5.41, 5.74) is 5.21. The van der Waals surface area contributed by atoms with Crippen LogP contribution in [0.25, 0.3) is 11.0 Å². The van der Waals surface area contributed by atoms with Crippen LogP contribution in [0.4, 0.5) is 0 Å². The number of piperidine rings is 1. The highest BCUT2D eigenvalue weighted by Gasteiger charge is 2.28. The predicted octanol–water partition coefficient (Wildman–Crippen LogP) is 4.54. The number of hydrogen-bond acceptors (Lipinski definition) is 4. The van der Waals surface area contributed by atoms with Crippen molar-refractivity contribution in [2.45, 2.75) is 46.0 Å². The molecule has 0 bridgehead atoms. The van der Waals surface area contributed by atoms with Gasteiger partial charge in [0.25, 0.3) is 0 Å². The van der Waals surface area contributed by atoms with Gasteiger partial charge >= 0.3 is 0 Å². The Balaban J connectivity index is 1.61. The number of aromatic nitrogens is 2. The molecule has 170 valence electrons. The van der Waals surface area contributed by atoms with Gasteiger partial charge in [-0.3, -0.25) is 9.59 Å². The molecule has 1 fully saturated rings. The summed E-state index contributed by atoms with van der Waals surface area (Å²) in [6.07, 6.45) is 6.08. The van der Waals surface area contributed by atoms with Crippen molar-refractivity contribution in [2.24, 2.45) is 13.0 Å². The lowest BCUT2D eigenvalue weighted by molar-refractivity contribution is -0.135. The first-order chi connectivity index (χ1) is 15.8. The maximum Gasteiger partial charge on any atom is 0.225 e. The summed E-state index contributed by atoms with van der Waals surface area (Å²) in [6, 6.07) is 8.93. The summed E-state index contributed by atoms with van der Waals surface area (Å²) in [7, 11) is 2.01. The molecule has 1 aliphatic heterocycles. The Morgan fingerprint density at radius 2 is 1.97 bits per heavy atom. The number of fused-ring (bicyclic) bond motifs is 1. The molecule has 0 radical (unpaired) electrons. The molecule has 6 heteroatoms. The number of pyridine rings is 1. The van der Waals surface area contributed by atoms with Crippen molar-refractivity contribution in [3.05, 3.63) is 64.5 Å². The van der Waals surface area contributed by atoms with Gasteiger partial charge in [-0.1, -0.05) is 26.0 Å². The quantitative estimate of drug-likeness (QED) is 0.544. The Labute approximate surface area is 194 Å². The minimum absolute atomic E-state index is 0.0191. The molecule has 6 nitrogen and oxygen atoms in total. The van der Waals surface area contributed by atoms with Crippen LogP contribution in [0.3, 0.4) is 0 Å². The number of nitrogens with zero attached hydrogens (tertiary/aromatic N) is 4. The fourth-order valence-corrected chi connectivity index (χ4v) is 4.88. The summed E-state index contributed by atoms with van der Waals surface area (Å²) in [5, 5.41) is 10.3. The first-order valence-corrected chi connectivity index (χ1v) is 11.6. The van der Waals surface area contributed by atoms with Gasteiger partial charge in [-0.15, -0.1) is 0 Å². The zero-order valence-electron chi connectivity index (χ0n) is 19.8. The van der Waals surface area contributed by atoms with E-state index < -0.39 is 0 Å². The van der Waals surface area contributed by atoms with Gasteiger partial charge in [0, 0.05) is 55.8 Å². The number of ketones is 1. The van der Waals surface area contributed by atoms with E-state index in [-0.39, 0.29) is 24.0 Å². The second kappa shape index (κ2) is 9.19. The topological polar surface area (TPSA) is 79.0 Å². The van der Waals surface area contributed by atoms with Crippen LogP contribution in [-0.2, 0) is 18.3 Å². The summed E-state index contributed by atoms with van der Waals surface area (Å²) < 4.78 is 2.06. The van der Waals surface area contributed by atoms with Gasteiger partial charge in [-0.2, -0.15) is 5.26 Å². The molecule has 0 saturated carbocycles. The van der Waals surface area contributed by atoms with E-state index in [1.165, 1.54) is 5.56 Å².